The fraction of sp³-hybridized carbons (Fsp3) is 0.538. The molecule has 0 atom stereocenters. The van der Waals surface area contributed by atoms with Crippen LogP contribution in [0.4, 0.5) is 5.82 Å². The number of rotatable bonds is 6. The Morgan fingerprint density at radius 1 is 1.35 bits per heavy atom. The predicted octanol–water partition coefficient (Wildman–Crippen LogP) is 1.79. The monoisotopic (exact) mass is 409 g/mol. The first-order valence-corrected chi connectivity index (χ1v) is 7.63. The van der Waals surface area contributed by atoms with Gasteiger partial charge in [0.25, 0.3) is 0 Å². The standard InChI is InChI=1S/C13H23N5S.HI/c1-14-13(15-8-9-19-4)16-10-11-6-5-7-12(17-11)18(2)3;/h5-7H,8-10H2,1-4H3,(H2,14,15,16);1H. The molecule has 1 aromatic rings. The minimum Gasteiger partial charge on any atom is -0.363 e. The normalized spacial score (nSPS) is 10.7. The van der Waals surface area contributed by atoms with Crippen molar-refractivity contribution in [1.29, 1.82) is 0 Å². The maximum absolute atomic E-state index is 4.55. The van der Waals surface area contributed by atoms with Crippen molar-refractivity contribution in [3.05, 3.63) is 23.9 Å². The van der Waals surface area contributed by atoms with Crippen molar-refractivity contribution in [2.75, 3.05) is 44.6 Å². The molecule has 2 N–H and O–H groups in total. The zero-order chi connectivity index (χ0) is 14.1. The third-order valence-electron chi connectivity index (χ3n) is 2.51. The van der Waals surface area contributed by atoms with Crippen molar-refractivity contribution < 1.29 is 0 Å². The van der Waals surface area contributed by atoms with E-state index in [1.807, 2.05) is 49.0 Å². The van der Waals surface area contributed by atoms with Crippen LogP contribution in [0.3, 0.4) is 0 Å². The van der Waals surface area contributed by atoms with E-state index in [4.69, 9.17) is 0 Å². The minimum absolute atomic E-state index is 0. The van der Waals surface area contributed by atoms with Crippen molar-refractivity contribution in [3.63, 3.8) is 0 Å². The summed E-state index contributed by atoms with van der Waals surface area (Å²) < 4.78 is 0. The summed E-state index contributed by atoms with van der Waals surface area (Å²) >= 11 is 1.81. The molecule has 0 saturated carbocycles. The van der Waals surface area contributed by atoms with Crippen molar-refractivity contribution >= 4 is 47.5 Å². The molecule has 114 valence electrons. The molecule has 0 spiro atoms. The summed E-state index contributed by atoms with van der Waals surface area (Å²) in [5.74, 6) is 2.84. The molecule has 0 aliphatic heterocycles. The minimum atomic E-state index is 0. The van der Waals surface area contributed by atoms with Crippen molar-refractivity contribution in [3.8, 4) is 0 Å². The molecule has 0 saturated heterocycles. The van der Waals surface area contributed by atoms with Gasteiger partial charge in [-0.25, -0.2) is 4.98 Å². The van der Waals surface area contributed by atoms with Gasteiger partial charge in [-0.3, -0.25) is 4.99 Å². The van der Waals surface area contributed by atoms with Crippen molar-refractivity contribution in [1.82, 2.24) is 15.6 Å². The average Bonchev–Trinajstić information content (AvgIpc) is 2.43. The molecule has 0 bridgehead atoms. The Kier molecular flexibility index (Phi) is 10.6. The van der Waals surface area contributed by atoms with E-state index in [-0.39, 0.29) is 24.0 Å². The number of guanidine groups is 1. The summed E-state index contributed by atoms with van der Waals surface area (Å²) in [6.45, 7) is 1.58. The van der Waals surface area contributed by atoms with E-state index in [9.17, 15) is 0 Å². The quantitative estimate of drug-likeness (QED) is 0.325. The number of aliphatic imine (C=N–C) groups is 1. The molecular weight excluding hydrogens is 385 g/mol. The number of thioether (sulfide) groups is 1. The Hall–Kier alpha value is -0.700. The second kappa shape index (κ2) is 11.0. The van der Waals surface area contributed by atoms with Crippen LogP contribution in [-0.4, -0.2) is 50.6 Å². The zero-order valence-electron chi connectivity index (χ0n) is 12.5. The molecule has 0 radical (unpaired) electrons. The second-order valence-electron chi connectivity index (χ2n) is 4.23. The van der Waals surface area contributed by atoms with Crippen LogP contribution < -0.4 is 15.5 Å². The van der Waals surface area contributed by atoms with Crippen LogP contribution in [0.25, 0.3) is 0 Å². The number of aromatic nitrogens is 1. The van der Waals surface area contributed by atoms with Gasteiger partial charge in [-0.15, -0.1) is 24.0 Å². The van der Waals surface area contributed by atoms with E-state index in [1.54, 1.807) is 7.05 Å². The Labute approximate surface area is 143 Å². The molecule has 0 aromatic carbocycles. The van der Waals surface area contributed by atoms with Gasteiger partial charge in [0.2, 0.25) is 0 Å². The van der Waals surface area contributed by atoms with Gasteiger partial charge in [-0.2, -0.15) is 11.8 Å². The Morgan fingerprint density at radius 3 is 2.70 bits per heavy atom. The number of pyridine rings is 1. The van der Waals surface area contributed by atoms with Crippen molar-refractivity contribution in [2.45, 2.75) is 6.54 Å². The molecule has 0 aliphatic carbocycles. The van der Waals surface area contributed by atoms with E-state index in [0.29, 0.717) is 6.54 Å². The van der Waals surface area contributed by atoms with Gasteiger partial charge in [0.1, 0.15) is 5.82 Å². The summed E-state index contributed by atoms with van der Waals surface area (Å²) in [5.41, 5.74) is 0.999. The molecule has 0 amide bonds. The Morgan fingerprint density at radius 2 is 2.10 bits per heavy atom. The fourth-order valence-electron chi connectivity index (χ4n) is 1.48. The highest BCUT2D eigenvalue weighted by Crippen LogP contribution is 2.07. The summed E-state index contributed by atoms with van der Waals surface area (Å²) in [6.07, 6.45) is 2.09. The second-order valence-corrected chi connectivity index (χ2v) is 5.21. The molecule has 0 aliphatic rings. The Bertz CT molecular complexity index is 412. The topological polar surface area (TPSA) is 52.6 Å². The lowest BCUT2D eigenvalue weighted by Crippen LogP contribution is -2.38. The first kappa shape index (κ1) is 19.3. The van der Waals surface area contributed by atoms with Crippen LogP contribution in [0.5, 0.6) is 0 Å². The fourth-order valence-corrected chi connectivity index (χ4v) is 1.79. The third-order valence-corrected chi connectivity index (χ3v) is 3.12. The number of hydrogen-bond donors (Lipinski definition) is 2. The molecule has 0 fully saturated rings. The Balaban J connectivity index is 0.00000361. The van der Waals surface area contributed by atoms with E-state index in [2.05, 4.69) is 26.9 Å². The number of anilines is 1. The molecule has 1 rings (SSSR count). The lowest BCUT2D eigenvalue weighted by atomic mass is 10.3. The van der Waals surface area contributed by atoms with Gasteiger partial charge in [0.15, 0.2) is 5.96 Å². The van der Waals surface area contributed by atoms with Crippen molar-refractivity contribution in [2.24, 2.45) is 4.99 Å². The van der Waals surface area contributed by atoms with Gasteiger partial charge < -0.3 is 15.5 Å². The molecule has 1 aromatic heterocycles. The summed E-state index contributed by atoms with van der Waals surface area (Å²) in [4.78, 5) is 10.7. The summed E-state index contributed by atoms with van der Waals surface area (Å²) in [6, 6.07) is 6.02. The lowest BCUT2D eigenvalue weighted by molar-refractivity contribution is 0.811. The first-order chi connectivity index (χ1) is 9.17. The number of halogens is 1. The van der Waals surface area contributed by atoms with E-state index in [1.165, 1.54) is 0 Å². The molecule has 0 unspecified atom stereocenters. The summed E-state index contributed by atoms with van der Waals surface area (Å²) in [5, 5.41) is 6.52. The van der Waals surface area contributed by atoms with Crippen LogP contribution in [0.2, 0.25) is 0 Å². The average molecular weight is 409 g/mol. The van der Waals surface area contributed by atoms with E-state index >= 15 is 0 Å². The smallest absolute Gasteiger partial charge is 0.191 e. The highest BCUT2D eigenvalue weighted by atomic mass is 127. The van der Waals surface area contributed by atoms with Crippen LogP contribution in [-0.2, 0) is 6.54 Å². The van der Waals surface area contributed by atoms with Crippen LogP contribution in [0, 0.1) is 0 Å². The van der Waals surface area contributed by atoms with Crippen LogP contribution >= 0.6 is 35.7 Å². The van der Waals surface area contributed by atoms with E-state index in [0.717, 1.165) is 29.8 Å². The van der Waals surface area contributed by atoms with Gasteiger partial charge in [-0.05, 0) is 18.4 Å². The molecule has 7 heteroatoms. The molecule has 1 heterocycles. The third kappa shape index (κ3) is 7.18. The van der Waals surface area contributed by atoms with Gasteiger partial charge in [0, 0.05) is 33.4 Å². The highest BCUT2D eigenvalue weighted by Gasteiger charge is 2.01. The predicted molar refractivity (Wildman–Crippen MR) is 101 cm³/mol. The van der Waals surface area contributed by atoms with Crippen LogP contribution in [0.15, 0.2) is 23.2 Å². The highest BCUT2D eigenvalue weighted by molar-refractivity contribution is 14.0. The number of hydrogen-bond acceptors (Lipinski definition) is 4. The number of nitrogens with zero attached hydrogens (tertiary/aromatic N) is 3. The summed E-state index contributed by atoms with van der Waals surface area (Å²) in [7, 11) is 5.75. The molecule has 20 heavy (non-hydrogen) atoms. The zero-order valence-corrected chi connectivity index (χ0v) is 15.7. The lowest BCUT2D eigenvalue weighted by Gasteiger charge is -2.14. The van der Waals surface area contributed by atoms with Gasteiger partial charge in [-0.1, -0.05) is 6.07 Å². The largest absolute Gasteiger partial charge is 0.363 e. The van der Waals surface area contributed by atoms with Crippen LogP contribution in [0.1, 0.15) is 5.69 Å². The SMILES string of the molecule is CN=C(NCCSC)NCc1cccc(N(C)C)n1.I. The maximum atomic E-state index is 4.55. The maximum Gasteiger partial charge on any atom is 0.191 e. The van der Waals surface area contributed by atoms with E-state index < -0.39 is 0 Å². The first-order valence-electron chi connectivity index (χ1n) is 6.24. The van der Waals surface area contributed by atoms with Gasteiger partial charge >= 0.3 is 0 Å². The number of nitrogens with one attached hydrogen (secondary N) is 2. The molecule has 5 nitrogen and oxygen atoms in total. The molecular formula is C13H24IN5S. The van der Waals surface area contributed by atoms with Gasteiger partial charge in [0.05, 0.1) is 12.2 Å².